The Morgan fingerprint density at radius 1 is 1.47 bits per heavy atom. The van der Waals surface area contributed by atoms with Crippen molar-refractivity contribution in [3.63, 3.8) is 0 Å². The van der Waals surface area contributed by atoms with Crippen LogP contribution in [-0.2, 0) is 14.9 Å². The molecule has 0 saturated heterocycles. The van der Waals surface area contributed by atoms with Crippen molar-refractivity contribution in [1.82, 2.24) is 4.98 Å². The SMILES string of the molecule is COC(=O)C(O)C(C)(C)c1cccnc1OC. The van der Waals surface area contributed by atoms with Gasteiger partial charge in [-0.1, -0.05) is 19.9 Å². The minimum Gasteiger partial charge on any atom is -0.481 e. The number of hydrogen-bond donors (Lipinski definition) is 1. The Labute approximate surface area is 100 Å². The zero-order chi connectivity index (χ0) is 13.1. The van der Waals surface area contributed by atoms with E-state index in [2.05, 4.69) is 9.72 Å². The zero-order valence-electron chi connectivity index (χ0n) is 10.4. The van der Waals surface area contributed by atoms with E-state index < -0.39 is 17.5 Å². The Morgan fingerprint density at radius 3 is 2.65 bits per heavy atom. The molecule has 0 fully saturated rings. The van der Waals surface area contributed by atoms with Crippen LogP contribution in [-0.4, -0.2) is 36.4 Å². The van der Waals surface area contributed by atoms with Gasteiger partial charge in [0.25, 0.3) is 0 Å². The van der Waals surface area contributed by atoms with Gasteiger partial charge >= 0.3 is 5.97 Å². The van der Waals surface area contributed by atoms with Gasteiger partial charge < -0.3 is 14.6 Å². The lowest BCUT2D eigenvalue weighted by Crippen LogP contribution is -2.41. The lowest BCUT2D eigenvalue weighted by atomic mass is 9.79. The Bertz CT molecular complexity index is 403. The molecule has 0 bridgehead atoms. The van der Waals surface area contributed by atoms with E-state index in [1.165, 1.54) is 14.2 Å². The second-order valence-corrected chi connectivity index (χ2v) is 4.21. The summed E-state index contributed by atoms with van der Waals surface area (Å²) in [4.78, 5) is 15.4. The first-order chi connectivity index (χ1) is 7.95. The molecule has 1 heterocycles. The standard InChI is InChI=1S/C12H17NO4/c1-12(2,9(14)11(15)17-4)8-6-5-7-13-10(8)16-3/h5-7,9,14H,1-4H3. The second-order valence-electron chi connectivity index (χ2n) is 4.21. The van der Waals surface area contributed by atoms with Gasteiger partial charge in [0.05, 0.1) is 14.2 Å². The number of hydrogen-bond acceptors (Lipinski definition) is 5. The summed E-state index contributed by atoms with van der Waals surface area (Å²) >= 11 is 0. The maximum Gasteiger partial charge on any atom is 0.335 e. The number of carbonyl (C=O) groups excluding carboxylic acids is 1. The van der Waals surface area contributed by atoms with Crippen molar-refractivity contribution in [2.75, 3.05) is 14.2 Å². The Hall–Kier alpha value is -1.62. The summed E-state index contributed by atoms with van der Waals surface area (Å²) in [7, 11) is 2.73. The predicted molar refractivity (Wildman–Crippen MR) is 61.8 cm³/mol. The van der Waals surface area contributed by atoms with Gasteiger partial charge in [-0.2, -0.15) is 0 Å². The van der Waals surface area contributed by atoms with Crippen LogP contribution in [0.4, 0.5) is 0 Å². The zero-order valence-corrected chi connectivity index (χ0v) is 10.4. The molecule has 1 rings (SSSR count). The summed E-state index contributed by atoms with van der Waals surface area (Å²) in [5.41, 5.74) is -0.187. The summed E-state index contributed by atoms with van der Waals surface area (Å²) in [6.45, 7) is 3.46. The van der Waals surface area contributed by atoms with Crippen molar-refractivity contribution >= 4 is 5.97 Å². The molecule has 17 heavy (non-hydrogen) atoms. The van der Waals surface area contributed by atoms with Crippen LogP contribution in [0.3, 0.4) is 0 Å². The maximum atomic E-state index is 11.4. The van der Waals surface area contributed by atoms with Crippen LogP contribution < -0.4 is 4.74 Å². The van der Waals surface area contributed by atoms with Crippen molar-refractivity contribution < 1.29 is 19.4 Å². The summed E-state index contributed by atoms with van der Waals surface area (Å²) in [6.07, 6.45) is 0.314. The number of pyridine rings is 1. The highest BCUT2D eigenvalue weighted by molar-refractivity contribution is 5.76. The van der Waals surface area contributed by atoms with E-state index >= 15 is 0 Å². The van der Waals surface area contributed by atoms with E-state index in [4.69, 9.17) is 4.74 Å². The van der Waals surface area contributed by atoms with Crippen molar-refractivity contribution in [2.45, 2.75) is 25.4 Å². The van der Waals surface area contributed by atoms with Crippen molar-refractivity contribution in [2.24, 2.45) is 0 Å². The molecule has 0 aliphatic carbocycles. The monoisotopic (exact) mass is 239 g/mol. The molecular weight excluding hydrogens is 222 g/mol. The van der Waals surface area contributed by atoms with Gasteiger partial charge in [0.1, 0.15) is 0 Å². The Kier molecular flexibility index (Phi) is 4.07. The molecule has 1 N–H and O–H groups in total. The average Bonchev–Trinajstić information content (AvgIpc) is 2.36. The topological polar surface area (TPSA) is 68.7 Å². The second kappa shape index (κ2) is 5.14. The lowest BCUT2D eigenvalue weighted by Gasteiger charge is -2.29. The molecule has 0 saturated carbocycles. The quantitative estimate of drug-likeness (QED) is 0.791. The summed E-state index contributed by atoms with van der Waals surface area (Å²) in [5.74, 6) is -0.290. The molecule has 94 valence electrons. The first kappa shape index (κ1) is 13.4. The van der Waals surface area contributed by atoms with Crippen molar-refractivity contribution in [3.05, 3.63) is 23.9 Å². The average molecular weight is 239 g/mol. The number of carbonyl (C=O) groups is 1. The van der Waals surface area contributed by atoms with E-state index in [1.807, 2.05) is 0 Å². The normalized spacial score (nSPS) is 13.0. The molecule has 1 aromatic rings. The highest BCUT2D eigenvalue weighted by Gasteiger charge is 2.38. The van der Waals surface area contributed by atoms with E-state index in [9.17, 15) is 9.90 Å². The molecule has 0 aromatic carbocycles. The number of rotatable bonds is 4. The molecule has 5 heteroatoms. The molecule has 1 aromatic heterocycles. The minimum absolute atomic E-state index is 0.389. The molecule has 1 unspecified atom stereocenters. The fourth-order valence-electron chi connectivity index (χ4n) is 1.60. The number of esters is 1. The number of aliphatic hydroxyl groups excluding tert-OH is 1. The van der Waals surface area contributed by atoms with Crippen LogP contribution in [0.15, 0.2) is 18.3 Å². The summed E-state index contributed by atoms with van der Waals surface area (Å²) in [6, 6.07) is 3.49. The highest BCUT2D eigenvalue weighted by atomic mass is 16.5. The third-order valence-electron chi connectivity index (χ3n) is 2.77. The van der Waals surface area contributed by atoms with Crippen LogP contribution in [0, 0.1) is 0 Å². The third kappa shape index (κ3) is 2.55. The molecule has 0 aliphatic heterocycles. The molecular formula is C12H17NO4. The largest absolute Gasteiger partial charge is 0.481 e. The van der Waals surface area contributed by atoms with Crippen LogP contribution >= 0.6 is 0 Å². The van der Waals surface area contributed by atoms with Crippen LogP contribution in [0.5, 0.6) is 5.88 Å². The number of aromatic nitrogens is 1. The lowest BCUT2D eigenvalue weighted by molar-refractivity contribution is -0.153. The van der Waals surface area contributed by atoms with E-state index in [0.29, 0.717) is 11.4 Å². The highest BCUT2D eigenvalue weighted by Crippen LogP contribution is 2.33. The Morgan fingerprint density at radius 2 is 2.12 bits per heavy atom. The van der Waals surface area contributed by atoms with Crippen molar-refractivity contribution in [1.29, 1.82) is 0 Å². The summed E-state index contributed by atoms with van der Waals surface area (Å²) in [5, 5.41) is 9.96. The molecule has 0 amide bonds. The van der Waals surface area contributed by atoms with Gasteiger partial charge in [0.2, 0.25) is 5.88 Å². The number of ether oxygens (including phenoxy) is 2. The molecule has 1 atom stereocenters. The van der Waals surface area contributed by atoms with Gasteiger partial charge in [0.15, 0.2) is 6.10 Å². The maximum absolute atomic E-state index is 11.4. The smallest absolute Gasteiger partial charge is 0.335 e. The molecule has 5 nitrogen and oxygen atoms in total. The van der Waals surface area contributed by atoms with E-state index in [0.717, 1.165) is 0 Å². The first-order valence-corrected chi connectivity index (χ1v) is 5.20. The predicted octanol–water partition coefficient (Wildman–Crippen LogP) is 0.902. The van der Waals surface area contributed by atoms with Crippen LogP contribution in [0.2, 0.25) is 0 Å². The Balaban J connectivity index is 3.16. The molecule has 0 aliphatic rings. The van der Waals surface area contributed by atoms with Gasteiger partial charge in [-0.25, -0.2) is 9.78 Å². The van der Waals surface area contributed by atoms with Crippen LogP contribution in [0.25, 0.3) is 0 Å². The fourth-order valence-corrected chi connectivity index (χ4v) is 1.60. The van der Waals surface area contributed by atoms with E-state index in [1.54, 1.807) is 32.2 Å². The molecule has 0 radical (unpaired) electrons. The fraction of sp³-hybridized carbons (Fsp3) is 0.500. The third-order valence-corrected chi connectivity index (χ3v) is 2.77. The van der Waals surface area contributed by atoms with Gasteiger partial charge in [-0.15, -0.1) is 0 Å². The first-order valence-electron chi connectivity index (χ1n) is 5.20. The van der Waals surface area contributed by atoms with Gasteiger partial charge in [-0.05, 0) is 6.07 Å². The van der Waals surface area contributed by atoms with Gasteiger partial charge in [0, 0.05) is 17.2 Å². The number of aliphatic hydroxyl groups is 1. The number of nitrogens with zero attached hydrogens (tertiary/aromatic N) is 1. The van der Waals surface area contributed by atoms with Crippen LogP contribution in [0.1, 0.15) is 19.4 Å². The minimum atomic E-state index is -1.27. The van der Waals surface area contributed by atoms with Gasteiger partial charge in [-0.3, -0.25) is 0 Å². The van der Waals surface area contributed by atoms with E-state index in [-0.39, 0.29) is 0 Å². The summed E-state index contributed by atoms with van der Waals surface area (Å²) < 4.78 is 9.66. The van der Waals surface area contributed by atoms with Crippen molar-refractivity contribution in [3.8, 4) is 5.88 Å². The number of methoxy groups -OCH3 is 2. The molecule has 0 spiro atoms.